The van der Waals surface area contributed by atoms with Gasteiger partial charge in [0.05, 0.1) is 37.1 Å². The number of carbonyl (C=O) groups is 1. The fourth-order valence-electron chi connectivity index (χ4n) is 3.42. The number of nitrogens with one attached hydrogen (secondary N) is 2. The summed E-state index contributed by atoms with van der Waals surface area (Å²) < 4.78 is 26.8. The molecule has 1 amide bonds. The molecule has 0 aromatic heterocycles. The zero-order valence-corrected chi connectivity index (χ0v) is 16.8. The summed E-state index contributed by atoms with van der Waals surface area (Å²) in [5.74, 6) is 0.0813. The first kappa shape index (κ1) is 20.1. The van der Waals surface area contributed by atoms with E-state index in [9.17, 15) is 18.5 Å². The Balaban J connectivity index is 1.53. The van der Waals surface area contributed by atoms with Crippen LogP contribution in [-0.2, 0) is 14.8 Å². The lowest BCUT2D eigenvalue weighted by Gasteiger charge is -2.32. The van der Waals surface area contributed by atoms with Crippen LogP contribution in [0.5, 0.6) is 0 Å². The van der Waals surface area contributed by atoms with Crippen molar-refractivity contribution < 1.29 is 18.1 Å². The standard InChI is InChI=1S/C18H23ClN4O3S/c1-18(13-20,14-2-3-14)21-17(24)12-22-8-10-23(11-9-22)27(25,26)16-6-4-15(19)5-7-16/h4-7,14H,2-3,8-12H2,1H3,(H,21,24)/p+1/t18-/m1/s1. The van der Waals surface area contributed by atoms with Gasteiger partial charge >= 0.3 is 0 Å². The van der Waals surface area contributed by atoms with Crippen LogP contribution in [0.1, 0.15) is 19.8 Å². The highest BCUT2D eigenvalue weighted by molar-refractivity contribution is 7.89. The number of nitriles is 1. The van der Waals surface area contributed by atoms with Crippen molar-refractivity contribution in [1.82, 2.24) is 9.62 Å². The molecule has 0 radical (unpaired) electrons. The molecule has 1 saturated carbocycles. The summed E-state index contributed by atoms with van der Waals surface area (Å²) in [4.78, 5) is 13.6. The first-order valence-electron chi connectivity index (χ1n) is 9.06. The normalized spacial score (nSPS) is 21.2. The van der Waals surface area contributed by atoms with Gasteiger partial charge in [0.1, 0.15) is 5.54 Å². The molecular weight excluding hydrogens is 388 g/mol. The van der Waals surface area contributed by atoms with Crippen molar-refractivity contribution in [2.75, 3.05) is 32.7 Å². The molecule has 27 heavy (non-hydrogen) atoms. The van der Waals surface area contributed by atoms with Crippen LogP contribution < -0.4 is 10.2 Å². The Kier molecular flexibility index (Phi) is 5.77. The summed E-state index contributed by atoms with van der Waals surface area (Å²) in [5.41, 5.74) is -0.795. The first-order valence-corrected chi connectivity index (χ1v) is 10.9. The number of halogens is 1. The van der Waals surface area contributed by atoms with Gasteiger partial charge in [-0.05, 0) is 49.9 Å². The second-order valence-electron chi connectivity index (χ2n) is 7.42. The van der Waals surface area contributed by atoms with Gasteiger partial charge in [0.25, 0.3) is 5.91 Å². The third kappa shape index (κ3) is 4.61. The van der Waals surface area contributed by atoms with Gasteiger partial charge in [0.15, 0.2) is 6.54 Å². The van der Waals surface area contributed by atoms with Crippen LogP contribution in [0.2, 0.25) is 5.02 Å². The smallest absolute Gasteiger partial charge is 0.276 e. The zero-order chi connectivity index (χ0) is 19.7. The maximum atomic E-state index is 12.7. The van der Waals surface area contributed by atoms with E-state index in [1.54, 1.807) is 19.1 Å². The quantitative estimate of drug-likeness (QED) is 0.690. The first-order chi connectivity index (χ1) is 12.7. The molecule has 0 unspecified atom stereocenters. The number of quaternary nitrogens is 1. The lowest BCUT2D eigenvalue weighted by atomic mass is 9.98. The van der Waals surface area contributed by atoms with Gasteiger partial charge in [-0.1, -0.05) is 11.6 Å². The minimum atomic E-state index is -3.55. The molecule has 1 aromatic rings. The highest BCUT2D eigenvalue weighted by Crippen LogP contribution is 2.39. The van der Waals surface area contributed by atoms with E-state index in [1.807, 2.05) is 0 Å². The number of amides is 1. The van der Waals surface area contributed by atoms with Gasteiger partial charge in [-0.3, -0.25) is 4.79 Å². The highest BCUT2D eigenvalue weighted by atomic mass is 35.5. The van der Waals surface area contributed by atoms with Gasteiger partial charge < -0.3 is 10.2 Å². The van der Waals surface area contributed by atoms with Crippen LogP contribution >= 0.6 is 11.6 Å². The van der Waals surface area contributed by atoms with Crippen LogP contribution in [0.15, 0.2) is 29.2 Å². The van der Waals surface area contributed by atoms with Gasteiger partial charge in [0.2, 0.25) is 10.0 Å². The number of piperazine rings is 1. The van der Waals surface area contributed by atoms with Gasteiger partial charge in [-0.15, -0.1) is 0 Å². The zero-order valence-electron chi connectivity index (χ0n) is 15.2. The van der Waals surface area contributed by atoms with E-state index in [0.29, 0.717) is 31.2 Å². The van der Waals surface area contributed by atoms with E-state index in [1.165, 1.54) is 16.4 Å². The van der Waals surface area contributed by atoms with E-state index >= 15 is 0 Å². The Morgan fingerprint density at radius 1 is 1.33 bits per heavy atom. The number of sulfonamides is 1. The second-order valence-corrected chi connectivity index (χ2v) is 9.80. The molecule has 2 fully saturated rings. The molecule has 146 valence electrons. The Labute approximate surface area is 164 Å². The molecule has 1 saturated heterocycles. The molecule has 1 heterocycles. The Hall–Kier alpha value is -1.66. The maximum absolute atomic E-state index is 12.7. The van der Waals surface area contributed by atoms with Crippen molar-refractivity contribution in [3.05, 3.63) is 29.3 Å². The number of nitrogens with zero attached hydrogens (tertiary/aromatic N) is 2. The van der Waals surface area contributed by atoms with E-state index in [2.05, 4.69) is 11.4 Å². The number of rotatable bonds is 6. The van der Waals surface area contributed by atoms with Crippen LogP contribution in [0, 0.1) is 17.2 Å². The lowest BCUT2D eigenvalue weighted by Crippen LogP contribution is -3.16. The van der Waals surface area contributed by atoms with Crippen molar-refractivity contribution >= 4 is 27.5 Å². The molecule has 9 heteroatoms. The molecule has 3 rings (SSSR count). The molecule has 1 aliphatic carbocycles. The molecule has 1 aliphatic heterocycles. The second kappa shape index (κ2) is 7.76. The van der Waals surface area contributed by atoms with Crippen molar-refractivity contribution in [2.24, 2.45) is 5.92 Å². The third-order valence-corrected chi connectivity index (χ3v) is 7.48. The molecule has 1 atom stereocenters. The summed E-state index contributed by atoms with van der Waals surface area (Å²) >= 11 is 5.82. The van der Waals surface area contributed by atoms with Gasteiger partial charge in [0, 0.05) is 5.02 Å². The highest BCUT2D eigenvalue weighted by Gasteiger charge is 2.43. The average Bonchev–Trinajstić information content (AvgIpc) is 3.48. The number of benzene rings is 1. The largest absolute Gasteiger partial charge is 0.333 e. The number of hydrogen-bond donors (Lipinski definition) is 2. The predicted octanol–water partition coefficient (Wildman–Crippen LogP) is 0.0377. The fourth-order valence-corrected chi connectivity index (χ4v) is 4.99. The molecule has 2 N–H and O–H groups in total. The molecule has 7 nitrogen and oxygen atoms in total. The van der Waals surface area contributed by atoms with E-state index in [-0.39, 0.29) is 23.3 Å². The lowest BCUT2D eigenvalue weighted by molar-refractivity contribution is -0.895. The summed E-state index contributed by atoms with van der Waals surface area (Å²) in [6.45, 7) is 3.82. The monoisotopic (exact) mass is 411 g/mol. The van der Waals surface area contributed by atoms with Crippen molar-refractivity contribution in [3.63, 3.8) is 0 Å². The van der Waals surface area contributed by atoms with E-state index in [0.717, 1.165) is 17.7 Å². The molecule has 1 aromatic carbocycles. The topological polar surface area (TPSA) is 94.7 Å². The minimum Gasteiger partial charge on any atom is -0.333 e. The molecule has 0 spiro atoms. The van der Waals surface area contributed by atoms with Gasteiger partial charge in [-0.2, -0.15) is 9.57 Å². The maximum Gasteiger partial charge on any atom is 0.276 e. The van der Waals surface area contributed by atoms with E-state index < -0.39 is 15.6 Å². The van der Waals surface area contributed by atoms with Crippen LogP contribution in [-0.4, -0.2) is 56.9 Å². The number of carbonyl (C=O) groups excluding carboxylic acids is 1. The average molecular weight is 412 g/mol. The number of hydrogen-bond acceptors (Lipinski definition) is 4. The molecular formula is C18H24ClN4O3S+. The van der Waals surface area contributed by atoms with Crippen LogP contribution in [0.25, 0.3) is 0 Å². The summed E-state index contributed by atoms with van der Waals surface area (Å²) in [6, 6.07) is 8.35. The van der Waals surface area contributed by atoms with Crippen LogP contribution in [0.4, 0.5) is 0 Å². The summed E-state index contributed by atoms with van der Waals surface area (Å²) in [7, 11) is -3.55. The third-order valence-electron chi connectivity index (χ3n) is 5.32. The SMILES string of the molecule is C[C@](C#N)(NC(=O)C[NH+]1CCN(S(=O)(=O)c2ccc(Cl)cc2)CC1)C1CC1. The minimum absolute atomic E-state index is 0.157. The van der Waals surface area contributed by atoms with Crippen LogP contribution in [0.3, 0.4) is 0 Å². The van der Waals surface area contributed by atoms with E-state index in [4.69, 9.17) is 11.6 Å². The fraction of sp³-hybridized carbons (Fsp3) is 0.556. The van der Waals surface area contributed by atoms with Crippen molar-refractivity contribution in [1.29, 1.82) is 5.26 Å². The van der Waals surface area contributed by atoms with Gasteiger partial charge in [-0.25, -0.2) is 8.42 Å². The Morgan fingerprint density at radius 2 is 1.93 bits per heavy atom. The van der Waals surface area contributed by atoms with Crippen molar-refractivity contribution in [2.45, 2.75) is 30.2 Å². The Bertz CT molecular complexity index is 840. The summed E-state index contributed by atoms with van der Waals surface area (Å²) in [6.07, 6.45) is 1.94. The predicted molar refractivity (Wildman–Crippen MR) is 101 cm³/mol. The Morgan fingerprint density at radius 3 is 2.44 bits per heavy atom. The van der Waals surface area contributed by atoms with Crippen molar-refractivity contribution in [3.8, 4) is 6.07 Å². The summed E-state index contributed by atoms with van der Waals surface area (Å²) in [5, 5.41) is 12.7. The molecule has 2 aliphatic rings. The molecule has 0 bridgehead atoms.